The van der Waals surface area contributed by atoms with Gasteiger partial charge >= 0.3 is 10.2 Å². The highest BCUT2D eigenvalue weighted by Gasteiger charge is 2.27. The first-order valence-corrected chi connectivity index (χ1v) is 12.6. The Labute approximate surface area is 200 Å². The minimum atomic E-state index is -3.94. The predicted molar refractivity (Wildman–Crippen MR) is 131 cm³/mol. The van der Waals surface area contributed by atoms with Crippen LogP contribution in [0.2, 0.25) is 0 Å². The normalized spacial score (nSPS) is 15.6. The number of fused-ring (bicyclic) bond motifs is 1. The van der Waals surface area contributed by atoms with Gasteiger partial charge in [0, 0.05) is 19.7 Å². The first kappa shape index (κ1) is 23.9. The molecule has 0 heterocycles. The Balaban J connectivity index is 1.52. The van der Waals surface area contributed by atoms with Crippen LogP contribution in [0.5, 0.6) is 0 Å². The maximum absolute atomic E-state index is 14.5. The summed E-state index contributed by atoms with van der Waals surface area (Å²) in [4.78, 5) is 12.9. The predicted octanol–water partition coefficient (Wildman–Crippen LogP) is 4.45. The fourth-order valence-electron chi connectivity index (χ4n) is 4.21. The summed E-state index contributed by atoms with van der Waals surface area (Å²) in [5.74, 6) is -0.809. The maximum Gasteiger partial charge on any atom is 0.303 e. The number of para-hydroxylation sites is 1. The van der Waals surface area contributed by atoms with E-state index in [2.05, 4.69) is 17.4 Å². The summed E-state index contributed by atoms with van der Waals surface area (Å²) in [5.41, 5.74) is 3.51. The van der Waals surface area contributed by atoms with Crippen LogP contribution in [0.25, 0.3) is 0 Å². The van der Waals surface area contributed by atoms with Gasteiger partial charge in [-0.25, -0.2) is 4.39 Å². The van der Waals surface area contributed by atoms with E-state index in [1.54, 1.807) is 30.3 Å². The molecule has 0 saturated carbocycles. The van der Waals surface area contributed by atoms with Crippen molar-refractivity contribution < 1.29 is 17.6 Å². The first-order chi connectivity index (χ1) is 16.3. The van der Waals surface area contributed by atoms with Crippen LogP contribution >= 0.6 is 0 Å². The number of rotatable bonds is 7. The molecular weight excluding hydrogens is 453 g/mol. The summed E-state index contributed by atoms with van der Waals surface area (Å²) in [7, 11) is -1.13. The second-order valence-electron chi connectivity index (χ2n) is 8.56. The van der Waals surface area contributed by atoms with Crippen LogP contribution in [0, 0.1) is 5.82 Å². The highest BCUT2D eigenvalue weighted by molar-refractivity contribution is 7.90. The van der Waals surface area contributed by atoms with Gasteiger partial charge in [-0.05, 0) is 60.2 Å². The smallest absolute Gasteiger partial charge is 0.303 e. The molecule has 0 fully saturated rings. The van der Waals surface area contributed by atoms with Crippen LogP contribution < -0.4 is 9.62 Å². The third-order valence-corrected chi connectivity index (χ3v) is 7.88. The molecule has 1 N–H and O–H groups in total. The average molecular weight is 482 g/mol. The second kappa shape index (κ2) is 9.95. The van der Waals surface area contributed by atoms with E-state index in [4.69, 9.17) is 0 Å². The summed E-state index contributed by atoms with van der Waals surface area (Å²) in [6.07, 6.45) is 2.93. The zero-order valence-corrected chi connectivity index (χ0v) is 20.1. The quantitative estimate of drug-likeness (QED) is 0.542. The van der Waals surface area contributed by atoms with E-state index in [1.807, 2.05) is 12.1 Å². The first-order valence-electron chi connectivity index (χ1n) is 11.2. The van der Waals surface area contributed by atoms with Gasteiger partial charge in [-0.2, -0.15) is 12.7 Å². The zero-order valence-electron chi connectivity index (χ0n) is 19.2. The fraction of sp³-hybridized carbons (Fsp3) is 0.269. The average Bonchev–Trinajstić information content (AvgIpc) is 2.83. The molecule has 0 unspecified atom stereocenters. The molecule has 0 aliphatic heterocycles. The van der Waals surface area contributed by atoms with Crippen LogP contribution in [0.1, 0.15) is 45.9 Å². The molecule has 0 spiro atoms. The highest BCUT2D eigenvalue weighted by atomic mass is 32.2. The van der Waals surface area contributed by atoms with E-state index in [0.29, 0.717) is 11.1 Å². The van der Waals surface area contributed by atoms with Crippen molar-refractivity contribution >= 4 is 21.8 Å². The van der Waals surface area contributed by atoms with Crippen molar-refractivity contribution in [3.8, 4) is 0 Å². The minimum absolute atomic E-state index is 0.0288. The van der Waals surface area contributed by atoms with Crippen molar-refractivity contribution in [1.29, 1.82) is 0 Å². The summed E-state index contributed by atoms with van der Waals surface area (Å²) < 4.78 is 42.3. The Morgan fingerprint density at radius 2 is 1.68 bits per heavy atom. The van der Waals surface area contributed by atoms with E-state index in [0.717, 1.165) is 33.4 Å². The number of aryl methyl sites for hydroxylation is 1. The molecule has 4 rings (SSSR count). The monoisotopic (exact) mass is 481 g/mol. The fourth-order valence-corrected chi connectivity index (χ4v) is 5.32. The van der Waals surface area contributed by atoms with Gasteiger partial charge in [0.1, 0.15) is 5.82 Å². The zero-order chi connectivity index (χ0) is 24.3. The van der Waals surface area contributed by atoms with Crippen LogP contribution in [0.3, 0.4) is 0 Å². The van der Waals surface area contributed by atoms with E-state index < -0.39 is 16.0 Å². The van der Waals surface area contributed by atoms with Crippen molar-refractivity contribution in [2.24, 2.45) is 0 Å². The number of benzene rings is 3. The van der Waals surface area contributed by atoms with Gasteiger partial charge in [-0.15, -0.1) is 0 Å². The molecule has 0 aromatic heterocycles. The molecule has 1 amide bonds. The number of carbonyl (C=O) groups is 1. The Morgan fingerprint density at radius 3 is 2.38 bits per heavy atom. The molecule has 1 atom stereocenters. The lowest BCUT2D eigenvalue weighted by molar-refractivity contribution is 0.0932. The van der Waals surface area contributed by atoms with Gasteiger partial charge < -0.3 is 5.32 Å². The minimum Gasteiger partial charge on any atom is -0.345 e. The number of anilines is 1. The van der Waals surface area contributed by atoms with Crippen LogP contribution in [-0.4, -0.2) is 32.7 Å². The number of nitrogens with zero attached hydrogens (tertiary/aromatic N) is 2. The molecule has 1 aliphatic rings. The Hall–Kier alpha value is -3.23. The Bertz CT molecular complexity index is 1280. The van der Waals surface area contributed by atoms with Gasteiger partial charge in [-0.1, -0.05) is 48.5 Å². The molecule has 3 aromatic rings. The standard InChI is InChI=1S/C26H28FN3O3S/c1-29(2)34(32,33)30(25-13-6-5-11-23(25)27)18-19-14-16-21(17-15-19)26(31)28-24-12-7-9-20-8-3-4-10-22(20)24/h3-6,8,10-11,13-17,24H,7,9,12,18H2,1-2H3,(H,28,31)/t24-/m1/s1. The molecule has 6 nitrogen and oxygen atoms in total. The van der Waals surface area contributed by atoms with Crippen molar-refractivity contribution in [1.82, 2.24) is 9.62 Å². The van der Waals surface area contributed by atoms with Crippen LogP contribution in [-0.2, 0) is 23.2 Å². The topological polar surface area (TPSA) is 69.7 Å². The Morgan fingerprint density at radius 1 is 1.00 bits per heavy atom. The van der Waals surface area contributed by atoms with E-state index >= 15 is 0 Å². The molecule has 1 aliphatic carbocycles. The van der Waals surface area contributed by atoms with Crippen LogP contribution in [0.15, 0.2) is 72.8 Å². The third kappa shape index (κ3) is 4.98. The summed E-state index contributed by atoms with van der Waals surface area (Å²) in [6, 6.07) is 20.6. The molecular formula is C26H28FN3O3S. The highest BCUT2D eigenvalue weighted by Crippen LogP contribution is 2.30. The second-order valence-corrected chi connectivity index (χ2v) is 10.6. The Kier molecular flexibility index (Phi) is 7.00. The third-order valence-electron chi connectivity index (χ3n) is 6.08. The number of nitrogens with one attached hydrogen (secondary N) is 1. The van der Waals surface area contributed by atoms with Crippen molar-refractivity contribution in [3.63, 3.8) is 0 Å². The van der Waals surface area contributed by atoms with E-state index in [1.165, 1.54) is 37.9 Å². The molecule has 8 heteroatoms. The lowest BCUT2D eigenvalue weighted by atomic mass is 9.87. The molecule has 3 aromatic carbocycles. The molecule has 0 bridgehead atoms. The van der Waals surface area contributed by atoms with Crippen molar-refractivity contribution in [2.75, 3.05) is 18.4 Å². The molecule has 0 saturated heterocycles. The van der Waals surface area contributed by atoms with Gasteiger partial charge in [0.2, 0.25) is 0 Å². The SMILES string of the molecule is CN(C)S(=O)(=O)N(Cc1ccc(C(=O)N[C@@H]2CCCc3ccccc32)cc1)c1ccccc1F. The summed E-state index contributed by atoms with van der Waals surface area (Å²) >= 11 is 0. The number of amides is 1. The summed E-state index contributed by atoms with van der Waals surface area (Å²) in [5, 5.41) is 3.12. The molecule has 0 radical (unpaired) electrons. The number of hydrogen-bond donors (Lipinski definition) is 1. The van der Waals surface area contributed by atoms with E-state index in [9.17, 15) is 17.6 Å². The molecule has 34 heavy (non-hydrogen) atoms. The number of carbonyl (C=O) groups excluding carboxylic acids is 1. The number of hydrogen-bond acceptors (Lipinski definition) is 3. The summed E-state index contributed by atoms with van der Waals surface area (Å²) in [6.45, 7) is -0.0701. The lowest BCUT2D eigenvalue weighted by Crippen LogP contribution is -2.40. The largest absolute Gasteiger partial charge is 0.345 e. The van der Waals surface area contributed by atoms with Crippen LogP contribution in [0.4, 0.5) is 10.1 Å². The lowest BCUT2D eigenvalue weighted by Gasteiger charge is -2.28. The van der Waals surface area contributed by atoms with Gasteiger partial charge in [0.05, 0.1) is 18.3 Å². The van der Waals surface area contributed by atoms with Gasteiger partial charge in [-0.3, -0.25) is 9.10 Å². The number of halogens is 1. The maximum atomic E-state index is 14.5. The van der Waals surface area contributed by atoms with Gasteiger partial charge in [0.15, 0.2) is 0 Å². The van der Waals surface area contributed by atoms with Crippen molar-refractivity contribution in [2.45, 2.75) is 31.8 Å². The van der Waals surface area contributed by atoms with E-state index in [-0.39, 0.29) is 24.2 Å². The molecule has 178 valence electrons. The van der Waals surface area contributed by atoms with Crippen molar-refractivity contribution in [3.05, 3.63) is 101 Å². The van der Waals surface area contributed by atoms with Gasteiger partial charge in [0.25, 0.3) is 5.91 Å².